The largest absolute Gasteiger partial charge is 0.494 e. The van der Waals surface area contributed by atoms with Crippen molar-refractivity contribution in [2.24, 2.45) is 5.73 Å². The van der Waals surface area contributed by atoms with E-state index < -0.39 is 0 Å². The predicted molar refractivity (Wildman–Crippen MR) is 78.7 cm³/mol. The molecule has 0 fully saturated rings. The Balaban J connectivity index is 2.07. The van der Waals surface area contributed by atoms with Crippen LogP contribution in [-0.4, -0.2) is 21.4 Å². The van der Waals surface area contributed by atoms with Gasteiger partial charge in [-0.1, -0.05) is 12.1 Å². The van der Waals surface area contributed by atoms with E-state index in [1.807, 2.05) is 35.9 Å². The third-order valence-electron chi connectivity index (χ3n) is 3.16. The van der Waals surface area contributed by atoms with Crippen LogP contribution in [0.4, 0.5) is 0 Å². The molecule has 0 aliphatic carbocycles. The maximum Gasteiger partial charge on any atom is 0.138 e. The molecule has 2 N–H and O–H groups in total. The molecule has 0 spiro atoms. The Morgan fingerprint density at radius 3 is 2.55 bits per heavy atom. The summed E-state index contributed by atoms with van der Waals surface area (Å²) in [7, 11) is 0. The van der Waals surface area contributed by atoms with E-state index in [1.165, 1.54) is 0 Å². The number of rotatable bonds is 6. The Labute approximate surface area is 119 Å². The lowest BCUT2D eigenvalue weighted by Gasteiger charge is -2.14. The molecular formula is C15H22N4O. The second kappa shape index (κ2) is 6.52. The molecule has 1 aromatic heterocycles. The highest BCUT2D eigenvalue weighted by Crippen LogP contribution is 2.19. The minimum atomic E-state index is -0.0904. The van der Waals surface area contributed by atoms with Gasteiger partial charge in [-0.2, -0.15) is 5.10 Å². The van der Waals surface area contributed by atoms with Gasteiger partial charge in [0.1, 0.15) is 17.9 Å². The van der Waals surface area contributed by atoms with Crippen molar-refractivity contribution in [3.05, 3.63) is 42.0 Å². The molecule has 0 aliphatic heterocycles. The fourth-order valence-corrected chi connectivity index (χ4v) is 2.14. The van der Waals surface area contributed by atoms with Gasteiger partial charge in [-0.05, 0) is 38.5 Å². The average Bonchev–Trinajstić information content (AvgIpc) is 2.88. The van der Waals surface area contributed by atoms with Gasteiger partial charge in [-0.3, -0.25) is 0 Å². The van der Waals surface area contributed by atoms with Gasteiger partial charge in [-0.25, -0.2) is 9.67 Å². The van der Waals surface area contributed by atoms with Gasteiger partial charge in [0, 0.05) is 18.5 Å². The quantitative estimate of drug-likeness (QED) is 0.879. The van der Waals surface area contributed by atoms with Crippen molar-refractivity contribution in [2.45, 2.75) is 39.3 Å². The lowest BCUT2D eigenvalue weighted by Crippen LogP contribution is -2.18. The van der Waals surface area contributed by atoms with E-state index in [4.69, 9.17) is 10.5 Å². The van der Waals surface area contributed by atoms with E-state index in [0.717, 1.165) is 17.1 Å². The number of ether oxygens (including phenoxy) is 1. The highest BCUT2D eigenvalue weighted by molar-refractivity contribution is 5.29. The summed E-state index contributed by atoms with van der Waals surface area (Å²) >= 11 is 0. The highest BCUT2D eigenvalue weighted by atomic mass is 16.5. The van der Waals surface area contributed by atoms with Crippen LogP contribution in [0.3, 0.4) is 0 Å². The third kappa shape index (κ3) is 3.36. The van der Waals surface area contributed by atoms with Crippen LogP contribution in [0.1, 0.15) is 44.2 Å². The van der Waals surface area contributed by atoms with Gasteiger partial charge < -0.3 is 10.5 Å². The van der Waals surface area contributed by atoms with Crippen molar-refractivity contribution in [1.29, 1.82) is 0 Å². The van der Waals surface area contributed by atoms with Crippen molar-refractivity contribution in [3.8, 4) is 5.75 Å². The molecule has 2 rings (SSSR count). The number of hydrogen-bond donors (Lipinski definition) is 1. The van der Waals surface area contributed by atoms with Crippen LogP contribution in [0.25, 0.3) is 0 Å². The van der Waals surface area contributed by atoms with Gasteiger partial charge in [-0.15, -0.1) is 0 Å². The number of benzene rings is 1. The lowest BCUT2D eigenvalue weighted by molar-refractivity contribution is 0.340. The lowest BCUT2D eigenvalue weighted by atomic mass is 10.0. The molecule has 1 atom stereocenters. The van der Waals surface area contributed by atoms with Crippen molar-refractivity contribution in [3.63, 3.8) is 0 Å². The summed E-state index contributed by atoms with van der Waals surface area (Å²) in [5.41, 5.74) is 7.33. The van der Waals surface area contributed by atoms with Crippen LogP contribution in [0.5, 0.6) is 5.75 Å². The van der Waals surface area contributed by atoms with Crippen molar-refractivity contribution >= 4 is 0 Å². The molecule has 1 heterocycles. The van der Waals surface area contributed by atoms with E-state index >= 15 is 0 Å². The minimum absolute atomic E-state index is 0.0904. The topological polar surface area (TPSA) is 66.0 Å². The molecule has 0 saturated heterocycles. The van der Waals surface area contributed by atoms with E-state index in [9.17, 15) is 0 Å². The summed E-state index contributed by atoms with van der Waals surface area (Å²) in [5, 5.41) is 4.23. The second-order valence-electron chi connectivity index (χ2n) is 5.03. The Bertz CT molecular complexity index is 533. The number of nitrogens with zero attached hydrogens (tertiary/aromatic N) is 3. The maximum atomic E-state index is 6.26. The summed E-state index contributed by atoms with van der Waals surface area (Å²) in [5.74, 6) is 1.79. The number of nitrogens with two attached hydrogens (primary N) is 1. The fraction of sp³-hybridized carbons (Fsp3) is 0.467. The molecule has 5 nitrogen and oxygen atoms in total. The molecule has 2 aromatic rings. The molecule has 1 aromatic carbocycles. The number of aromatic nitrogens is 3. The molecule has 1 unspecified atom stereocenters. The van der Waals surface area contributed by atoms with E-state index in [-0.39, 0.29) is 6.04 Å². The summed E-state index contributed by atoms with van der Waals surface area (Å²) < 4.78 is 7.34. The first-order chi connectivity index (χ1) is 9.61. The van der Waals surface area contributed by atoms with Gasteiger partial charge in [0.2, 0.25) is 0 Å². The van der Waals surface area contributed by atoms with E-state index in [1.54, 1.807) is 6.33 Å². The first-order valence-electron chi connectivity index (χ1n) is 6.98. The summed E-state index contributed by atoms with van der Waals surface area (Å²) in [6, 6.07) is 8.11. The Kier molecular flexibility index (Phi) is 4.74. The molecule has 5 heteroatoms. The van der Waals surface area contributed by atoms with E-state index in [0.29, 0.717) is 19.1 Å². The fourth-order valence-electron chi connectivity index (χ4n) is 2.14. The van der Waals surface area contributed by atoms with E-state index in [2.05, 4.69) is 23.9 Å². The van der Waals surface area contributed by atoms with Crippen LogP contribution in [0, 0.1) is 0 Å². The van der Waals surface area contributed by atoms with Gasteiger partial charge >= 0.3 is 0 Å². The monoisotopic (exact) mass is 274 g/mol. The maximum absolute atomic E-state index is 6.26. The minimum Gasteiger partial charge on any atom is -0.494 e. The molecule has 0 radical (unpaired) electrons. The Morgan fingerprint density at radius 2 is 1.95 bits per heavy atom. The molecule has 0 amide bonds. The summed E-state index contributed by atoms with van der Waals surface area (Å²) in [4.78, 5) is 4.30. The number of hydrogen-bond acceptors (Lipinski definition) is 4. The molecular weight excluding hydrogens is 252 g/mol. The SMILES string of the molecule is CCOc1ccc(C(N)Cc2ncnn2C(C)C)cc1. The molecule has 0 saturated carbocycles. The first-order valence-corrected chi connectivity index (χ1v) is 6.98. The molecule has 108 valence electrons. The summed E-state index contributed by atoms with van der Waals surface area (Å²) in [6.45, 7) is 6.81. The predicted octanol–water partition coefficient (Wildman–Crippen LogP) is 2.50. The van der Waals surface area contributed by atoms with Gasteiger partial charge in [0.05, 0.1) is 6.61 Å². The van der Waals surface area contributed by atoms with Crippen LogP contribution in [0.2, 0.25) is 0 Å². The second-order valence-corrected chi connectivity index (χ2v) is 5.03. The van der Waals surface area contributed by atoms with Crippen molar-refractivity contribution in [2.75, 3.05) is 6.61 Å². The van der Waals surface area contributed by atoms with Crippen molar-refractivity contribution < 1.29 is 4.74 Å². The first kappa shape index (κ1) is 14.5. The molecule has 20 heavy (non-hydrogen) atoms. The highest BCUT2D eigenvalue weighted by Gasteiger charge is 2.13. The summed E-state index contributed by atoms with van der Waals surface area (Å²) in [6.07, 6.45) is 2.26. The smallest absolute Gasteiger partial charge is 0.138 e. The molecule has 0 bridgehead atoms. The van der Waals surface area contributed by atoms with Crippen LogP contribution in [-0.2, 0) is 6.42 Å². The zero-order valence-corrected chi connectivity index (χ0v) is 12.3. The third-order valence-corrected chi connectivity index (χ3v) is 3.16. The normalized spacial score (nSPS) is 12.7. The Morgan fingerprint density at radius 1 is 1.25 bits per heavy atom. The van der Waals surface area contributed by atoms with Crippen LogP contribution < -0.4 is 10.5 Å². The Hall–Kier alpha value is -1.88. The zero-order valence-electron chi connectivity index (χ0n) is 12.3. The standard InChI is InChI=1S/C15H22N4O/c1-4-20-13-7-5-12(6-8-13)14(16)9-15-17-10-18-19(15)11(2)3/h5-8,10-11,14H,4,9,16H2,1-3H3. The van der Waals surface area contributed by atoms with Crippen LogP contribution in [0.15, 0.2) is 30.6 Å². The van der Waals surface area contributed by atoms with Crippen molar-refractivity contribution in [1.82, 2.24) is 14.8 Å². The average molecular weight is 274 g/mol. The zero-order chi connectivity index (χ0) is 14.5. The van der Waals surface area contributed by atoms with Gasteiger partial charge in [0.25, 0.3) is 0 Å². The van der Waals surface area contributed by atoms with Crippen LogP contribution >= 0.6 is 0 Å². The molecule has 0 aliphatic rings. The van der Waals surface area contributed by atoms with Gasteiger partial charge in [0.15, 0.2) is 0 Å².